The molecule has 5 heteroatoms. The largest absolute Gasteiger partial charge is 0.481 e. The van der Waals surface area contributed by atoms with E-state index >= 15 is 0 Å². The number of carboxylic acid groups (broad SMARTS) is 1. The van der Waals surface area contributed by atoms with Gasteiger partial charge in [-0.2, -0.15) is 0 Å². The van der Waals surface area contributed by atoms with Crippen molar-refractivity contribution in [1.82, 2.24) is 10.2 Å². The zero-order valence-corrected chi connectivity index (χ0v) is 11.2. The number of piperidine rings is 1. The van der Waals surface area contributed by atoms with Crippen molar-refractivity contribution in [3.8, 4) is 0 Å². The molecule has 3 fully saturated rings. The smallest absolute Gasteiger partial charge is 0.306 e. The van der Waals surface area contributed by atoms with Gasteiger partial charge in [-0.1, -0.05) is 6.42 Å². The van der Waals surface area contributed by atoms with Gasteiger partial charge in [-0.15, -0.1) is 0 Å². The van der Waals surface area contributed by atoms with Crippen LogP contribution in [0.15, 0.2) is 0 Å². The second-order valence-corrected chi connectivity index (χ2v) is 6.18. The van der Waals surface area contributed by atoms with E-state index < -0.39 is 5.97 Å². The predicted octanol–water partition coefficient (Wildman–Crippen LogP) is 0.698. The number of hydrogen-bond acceptors (Lipinski definition) is 3. The molecule has 106 valence electrons. The molecule has 3 aliphatic rings. The van der Waals surface area contributed by atoms with Crippen LogP contribution in [0.3, 0.4) is 0 Å². The third kappa shape index (κ3) is 2.36. The van der Waals surface area contributed by atoms with Gasteiger partial charge in [0, 0.05) is 13.1 Å². The number of nitrogens with zero attached hydrogens (tertiary/aromatic N) is 1. The Morgan fingerprint density at radius 3 is 2.53 bits per heavy atom. The van der Waals surface area contributed by atoms with Crippen LogP contribution in [-0.4, -0.2) is 47.6 Å². The Balaban J connectivity index is 1.58. The molecule has 3 unspecified atom stereocenters. The van der Waals surface area contributed by atoms with Crippen molar-refractivity contribution in [3.05, 3.63) is 0 Å². The number of hydrogen-bond donors (Lipinski definition) is 2. The van der Waals surface area contributed by atoms with Crippen LogP contribution < -0.4 is 5.32 Å². The highest BCUT2D eigenvalue weighted by Gasteiger charge is 2.44. The van der Waals surface area contributed by atoms with Crippen LogP contribution in [0.25, 0.3) is 0 Å². The Morgan fingerprint density at radius 2 is 1.84 bits per heavy atom. The molecule has 0 aromatic carbocycles. The molecule has 1 saturated carbocycles. The monoisotopic (exact) mass is 266 g/mol. The lowest BCUT2D eigenvalue weighted by Crippen LogP contribution is -2.49. The lowest BCUT2D eigenvalue weighted by Gasteiger charge is -2.33. The summed E-state index contributed by atoms with van der Waals surface area (Å²) in [5.41, 5.74) is 0. The molecule has 3 atom stereocenters. The summed E-state index contributed by atoms with van der Waals surface area (Å²) in [4.78, 5) is 25.3. The molecule has 0 bridgehead atoms. The van der Waals surface area contributed by atoms with E-state index in [9.17, 15) is 9.59 Å². The van der Waals surface area contributed by atoms with E-state index in [4.69, 9.17) is 5.11 Å². The van der Waals surface area contributed by atoms with E-state index in [1.54, 1.807) is 0 Å². The van der Waals surface area contributed by atoms with Crippen molar-refractivity contribution >= 4 is 11.9 Å². The van der Waals surface area contributed by atoms with E-state index in [2.05, 4.69) is 5.32 Å². The first-order valence-electron chi connectivity index (χ1n) is 7.42. The molecule has 0 aromatic heterocycles. The summed E-state index contributed by atoms with van der Waals surface area (Å²) in [6.45, 7) is 2.18. The Hall–Kier alpha value is -1.10. The van der Waals surface area contributed by atoms with Gasteiger partial charge < -0.3 is 15.3 Å². The quantitative estimate of drug-likeness (QED) is 0.772. The molecule has 1 aliphatic carbocycles. The normalized spacial score (nSPS) is 35.4. The second-order valence-electron chi connectivity index (χ2n) is 6.18. The molecule has 0 aromatic rings. The van der Waals surface area contributed by atoms with Crippen LogP contribution in [0.2, 0.25) is 0 Å². The third-order valence-electron chi connectivity index (χ3n) is 5.17. The van der Waals surface area contributed by atoms with Gasteiger partial charge in [-0.05, 0) is 44.1 Å². The molecule has 2 heterocycles. The Labute approximate surface area is 113 Å². The molecular weight excluding hydrogens is 244 g/mol. The SMILES string of the molecule is O=C(O)C1CCN(C(=O)C2NCC3CCCC32)CC1. The van der Waals surface area contributed by atoms with Crippen LogP contribution in [0.1, 0.15) is 32.1 Å². The molecular formula is C14H22N2O3. The first kappa shape index (κ1) is 12.9. The van der Waals surface area contributed by atoms with E-state index in [-0.39, 0.29) is 17.9 Å². The van der Waals surface area contributed by atoms with Crippen LogP contribution in [0.5, 0.6) is 0 Å². The summed E-state index contributed by atoms with van der Waals surface area (Å²) < 4.78 is 0. The Kier molecular flexibility index (Phi) is 3.48. The fourth-order valence-corrected chi connectivity index (χ4v) is 4.00. The minimum absolute atomic E-state index is 0.00567. The Bertz CT molecular complexity index is 377. The third-order valence-corrected chi connectivity index (χ3v) is 5.17. The van der Waals surface area contributed by atoms with Crippen LogP contribution in [0.4, 0.5) is 0 Å². The zero-order valence-electron chi connectivity index (χ0n) is 11.2. The maximum Gasteiger partial charge on any atom is 0.306 e. The van der Waals surface area contributed by atoms with E-state index in [1.165, 1.54) is 19.3 Å². The molecule has 2 saturated heterocycles. The van der Waals surface area contributed by atoms with Gasteiger partial charge in [0.1, 0.15) is 0 Å². The molecule has 0 radical (unpaired) electrons. The van der Waals surface area contributed by atoms with Crippen LogP contribution >= 0.6 is 0 Å². The van der Waals surface area contributed by atoms with Gasteiger partial charge >= 0.3 is 5.97 Å². The van der Waals surface area contributed by atoms with E-state index in [0.717, 1.165) is 6.54 Å². The molecule has 0 spiro atoms. The number of carbonyl (C=O) groups is 2. The molecule has 19 heavy (non-hydrogen) atoms. The van der Waals surface area contributed by atoms with Crippen molar-refractivity contribution in [2.45, 2.75) is 38.1 Å². The average molecular weight is 266 g/mol. The van der Waals surface area contributed by atoms with Crippen molar-refractivity contribution < 1.29 is 14.7 Å². The minimum atomic E-state index is -0.720. The highest BCUT2D eigenvalue weighted by atomic mass is 16.4. The maximum absolute atomic E-state index is 12.5. The average Bonchev–Trinajstić information content (AvgIpc) is 3.00. The Morgan fingerprint density at radius 1 is 1.11 bits per heavy atom. The van der Waals surface area contributed by atoms with Gasteiger partial charge in [-0.3, -0.25) is 9.59 Å². The molecule has 1 amide bonds. The summed E-state index contributed by atoms with van der Waals surface area (Å²) in [5, 5.41) is 12.4. The second kappa shape index (κ2) is 5.12. The fourth-order valence-electron chi connectivity index (χ4n) is 4.00. The van der Waals surface area contributed by atoms with Gasteiger partial charge in [0.25, 0.3) is 0 Å². The molecule has 5 nitrogen and oxygen atoms in total. The molecule has 3 rings (SSSR count). The number of likely N-dealkylation sites (tertiary alicyclic amines) is 1. The van der Waals surface area contributed by atoms with Gasteiger partial charge in [0.15, 0.2) is 0 Å². The van der Waals surface area contributed by atoms with Gasteiger partial charge in [0.05, 0.1) is 12.0 Å². The standard InChI is InChI=1S/C14H22N2O3/c17-13(12-11-3-1-2-10(11)8-15-12)16-6-4-9(5-7-16)14(18)19/h9-12,15H,1-8H2,(H,18,19). The lowest BCUT2D eigenvalue weighted by molar-refractivity contribution is -0.146. The number of carbonyl (C=O) groups excluding carboxylic acids is 1. The highest BCUT2D eigenvalue weighted by molar-refractivity contribution is 5.83. The maximum atomic E-state index is 12.5. The van der Waals surface area contributed by atoms with Gasteiger partial charge in [-0.25, -0.2) is 0 Å². The predicted molar refractivity (Wildman–Crippen MR) is 69.6 cm³/mol. The fraction of sp³-hybridized carbons (Fsp3) is 0.857. The summed E-state index contributed by atoms with van der Waals surface area (Å²) >= 11 is 0. The van der Waals surface area contributed by atoms with Crippen molar-refractivity contribution in [2.24, 2.45) is 17.8 Å². The van der Waals surface area contributed by atoms with E-state index in [0.29, 0.717) is 37.8 Å². The molecule has 2 aliphatic heterocycles. The van der Waals surface area contributed by atoms with Crippen molar-refractivity contribution in [3.63, 3.8) is 0 Å². The zero-order chi connectivity index (χ0) is 13.4. The summed E-state index contributed by atoms with van der Waals surface area (Å²) in [6, 6.07) is -0.00567. The molecule has 2 N–H and O–H groups in total. The van der Waals surface area contributed by atoms with Gasteiger partial charge in [0.2, 0.25) is 5.91 Å². The number of amides is 1. The summed E-state index contributed by atoms with van der Waals surface area (Å²) in [6.07, 6.45) is 4.87. The number of carboxylic acids is 1. The minimum Gasteiger partial charge on any atom is -0.481 e. The number of aliphatic carboxylic acids is 1. The first-order chi connectivity index (χ1) is 9.16. The van der Waals surface area contributed by atoms with Crippen LogP contribution in [0, 0.1) is 17.8 Å². The number of fused-ring (bicyclic) bond motifs is 1. The van der Waals surface area contributed by atoms with Crippen molar-refractivity contribution in [1.29, 1.82) is 0 Å². The first-order valence-corrected chi connectivity index (χ1v) is 7.42. The summed E-state index contributed by atoms with van der Waals surface area (Å²) in [5.74, 6) is 0.426. The van der Waals surface area contributed by atoms with Crippen molar-refractivity contribution in [2.75, 3.05) is 19.6 Å². The number of nitrogens with one attached hydrogen (secondary N) is 1. The van der Waals surface area contributed by atoms with Crippen LogP contribution in [-0.2, 0) is 9.59 Å². The van der Waals surface area contributed by atoms with E-state index in [1.807, 2.05) is 4.90 Å². The topological polar surface area (TPSA) is 69.6 Å². The summed E-state index contributed by atoms with van der Waals surface area (Å²) in [7, 11) is 0. The lowest BCUT2D eigenvalue weighted by atomic mass is 9.91. The highest BCUT2D eigenvalue weighted by Crippen LogP contribution is 2.38. The number of rotatable bonds is 2.